The van der Waals surface area contributed by atoms with Crippen molar-refractivity contribution in [3.63, 3.8) is 0 Å². The van der Waals surface area contributed by atoms with Crippen LogP contribution in [-0.4, -0.2) is 35.1 Å². The van der Waals surface area contributed by atoms with Crippen molar-refractivity contribution >= 4 is 23.2 Å². The summed E-state index contributed by atoms with van der Waals surface area (Å²) >= 11 is 1.28. The molecule has 0 saturated heterocycles. The monoisotopic (exact) mass is 271 g/mol. The Bertz CT molecular complexity index is 415. The highest BCUT2D eigenvalue weighted by atomic mass is 32.1. The highest BCUT2D eigenvalue weighted by Gasteiger charge is 2.14. The van der Waals surface area contributed by atoms with E-state index in [1.165, 1.54) is 16.7 Å². The molecule has 1 heterocycles. The Balaban J connectivity index is 2.37. The van der Waals surface area contributed by atoms with Gasteiger partial charge in [-0.15, -0.1) is 11.3 Å². The first kappa shape index (κ1) is 14.6. The molecule has 0 saturated carbocycles. The second-order valence-corrected chi connectivity index (χ2v) is 4.76. The second kappa shape index (κ2) is 7.07. The predicted molar refractivity (Wildman–Crippen MR) is 68.6 cm³/mol. The predicted octanol–water partition coefficient (Wildman–Crippen LogP) is 0.485. The lowest BCUT2D eigenvalue weighted by Crippen LogP contribution is -2.35. The van der Waals surface area contributed by atoms with E-state index in [1.807, 2.05) is 6.92 Å². The fourth-order valence-corrected chi connectivity index (χ4v) is 2.19. The molecule has 100 valence electrons. The molecular formula is C11H17N3O3S. The average molecular weight is 271 g/mol. The van der Waals surface area contributed by atoms with E-state index in [1.54, 1.807) is 0 Å². The molecule has 1 atom stereocenters. The smallest absolute Gasteiger partial charge is 0.355 e. The molecule has 0 aromatic carbocycles. The lowest BCUT2D eigenvalue weighted by atomic mass is 10.1. The molecule has 4 N–H and O–H groups in total. The number of aromatic carboxylic acids is 1. The van der Waals surface area contributed by atoms with Gasteiger partial charge in [0, 0.05) is 30.8 Å². The van der Waals surface area contributed by atoms with Crippen molar-refractivity contribution in [2.24, 2.45) is 11.7 Å². The fourth-order valence-electron chi connectivity index (χ4n) is 1.42. The molecule has 1 amide bonds. The van der Waals surface area contributed by atoms with Crippen LogP contribution in [0.2, 0.25) is 0 Å². The van der Waals surface area contributed by atoms with Crippen LogP contribution in [0.5, 0.6) is 0 Å². The van der Waals surface area contributed by atoms with E-state index in [4.69, 9.17) is 10.8 Å². The summed E-state index contributed by atoms with van der Waals surface area (Å²) in [5, 5.41) is 13.7. The number of nitrogens with two attached hydrogens (primary N) is 1. The molecular weight excluding hydrogens is 254 g/mol. The van der Waals surface area contributed by atoms with Gasteiger partial charge < -0.3 is 16.2 Å². The molecule has 0 aliphatic rings. The number of aromatic nitrogens is 1. The number of rotatable bonds is 7. The quantitative estimate of drug-likeness (QED) is 0.669. The van der Waals surface area contributed by atoms with E-state index in [2.05, 4.69) is 10.3 Å². The van der Waals surface area contributed by atoms with Gasteiger partial charge in [0.15, 0.2) is 5.69 Å². The van der Waals surface area contributed by atoms with Crippen molar-refractivity contribution in [3.05, 3.63) is 16.1 Å². The van der Waals surface area contributed by atoms with E-state index in [0.717, 1.165) is 0 Å². The maximum atomic E-state index is 11.6. The summed E-state index contributed by atoms with van der Waals surface area (Å²) in [4.78, 5) is 26.2. The van der Waals surface area contributed by atoms with Gasteiger partial charge in [0.1, 0.15) is 0 Å². The minimum Gasteiger partial charge on any atom is -0.476 e. The van der Waals surface area contributed by atoms with E-state index in [0.29, 0.717) is 30.9 Å². The van der Waals surface area contributed by atoms with E-state index in [-0.39, 0.29) is 17.5 Å². The Morgan fingerprint density at radius 3 is 2.83 bits per heavy atom. The summed E-state index contributed by atoms with van der Waals surface area (Å²) in [7, 11) is 0. The lowest BCUT2D eigenvalue weighted by molar-refractivity contribution is -0.124. The maximum Gasteiger partial charge on any atom is 0.355 e. The van der Waals surface area contributed by atoms with Gasteiger partial charge in [0.05, 0.1) is 5.01 Å². The van der Waals surface area contributed by atoms with E-state index < -0.39 is 5.97 Å². The van der Waals surface area contributed by atoms with Crippen LogP contribution in [0, 0.1) is 5.92 Å². The average Bonchev–Trinajstić information content (AvgIpc) is 2.79. The van der Waals surface area contributed by atoms with Crippen molar-refractivity contribution in [1.82, 2.24) is 10.3 Å². The van der Waals surface area contributed by atoms with Gasteiger partial charge in [-0.1, -0.05) is 6.92 Å². The molecule has 1 unspecified atom stereocenters. The topological polar surface area (TPSA) is 105 Å². The minimum atomic E-state index is -1.03. The van der Waals surface area contributed by atoms with Crippen molar-refractivity contribution in [2.45, 2.75) is 19.8 Å². The Morgan fingerprint density at radius 2 is 2.33 bits per heavy atom. The van der Waals surface area contributed by atoms with Crippen molar-refractivity contribution in [1.29, 1.82) is 0 Å². The van der Waals surface area contributed by atoms with Gasteiger partial charge >= 0.3 is 5.97 Å². The third-order valence-corrected chi connectivity index (χ3v) is 3.47. The minimum absolute atomic E-state index is 0.0507. The number of nitrogens with zero attached hydrogens (tertiary/aromatic N) is 1. The van der Waals surface area contributed by atoms with Gasteiger partial charge in [-0.05, 0) is 6.42 Å². The molecule has 7 heteroatoms. The molecule has 0 bridgehead atoms. The highest BCUT2D eigenvalue weighted by Crippen LogP contribution is 2.10. The van der Waals surface area contributed by atoms with E-state index >= 15 is 0 Å². The number of nitrogens with one attached hydrogen (secondary N) is 1. The molecule has 0 spiro atoms. The Hall–Kier alpha value is -1.47. The van der Waals surface area contributed by atoms with Gasteiger partial charge in [0.2, 0.25) is 5.91 Å². The van der Waals surface area contributed by atoms with Gasteiger partial charge in [-0.25, -0.2) is 9.78 Å². The first-order valence-electron chi connectivity index (χ1n) is 5.74. The van der Waals surface area contributed by atoms with E-state index in [9.17, 15) is 9.59 Å². The number of thiazole rings is 1. The maximum absolute atomic E-state index is 11.6. The van der Waals surface area contributed by atoms with Crippen LogP contribution in [0.1, 0.15) is 28.8 Å². The summed E-state index contributed by atoms with van der Waals surface area (Å²) in [6.07, 6.45) is 1.24. The standard InChI is InChI=1S/C11H17N3O3S/c1-2-7(5-12)10(15)13-4-3-9-14-8(6-18-9)11(16)17/h6-7H,2-5,12H2,1H3,(H,13,15)(H,16,17). The van der Waals surface area contributed by atoms with Crippen LogP contribution in [0.4, 0.5) is 0 Å². The highest BCUT2D eigenvalue weighted by molar-refractivity contribution is 7.09. The summed E-state index contributed by atoms with van der Waals surface area (Å²) < 4.78 is 0. The third-order valence-electron chi connectivity index (χ3n) is 2.56. The number of carbonyl (C=O) groups is 2. The Morgan fingerprint density at radius 1 is 1.61 bits per heavy atom. The summed E-state index contributed by atoms with van der Waals surface area (Å²) in [6, 6.07) is 0. The Kier molecular flexibility index (Phi) is 5.73. The number of carbonyl (C=O) groups excluding carboxylic acids is 1. The number of hydrogen-bond donors (Lipinski definition) is 3. The zero-order valence-corrected chi connectivity index (χ0v) is 11.0. The van der Waals surface area contributed by atoms with Crippen LogP contribution >= 0.6 is 11.3 Å². The summed E-state index contributed by atoms with van der Waals surface area (Å²) in [5.41, 5.74) is 5.52. The van der Waals surface area contributed by atoms with Gasteiger partial charge in [-0.3, -0.25) is 4.79 Å². The first-order chi connectivity index (χ1) is 8.58. The zero-order valence-electron chi connectivity index (χ0n) is 10.2. The largest absolute Gasteiger partial charge is 0.476 e. The van der Waals surface area contributed by atoms with Crippen molar-refractivity contribution in [3.8, 4) is 0 Å². The van der Waals surface area contributed by atoms with Crippen LogP contribution in [0.3, 0.4) is 0 Å². The molecule has 1 aromatic rings. The number of carboxylic acids is 1. The summed E-state index contributed by atoms with van der Waals surface area (Å²) in [6.45, 7) is 2.70. The van der Waals surface area contributed by atoms with Crippen LogP contribution in [0.25, 0.3) is 0 Å². The lowest BCUT2D eigenvalue weighted by Gasteiger charge is -2.11. The normalized spacial score (nSPS) is 12.1. The second-order valence-electron chi connectivity index (χ2n) is 3.81. The molecule has 0 aliphatic carbocycles. The van der Waals surface area contributed by atoms with Crippen LogP contribution in [0.15, 0.2) is 5.38 Å². The van der Waals surface area contributed by atoms with Crippen molar-refractivity contribution in [2.75, 3.05) is 13.1 Å². The van der Waals surface area contributed by atoms with Crippen LogP contribution in [-0.2, 0) is 11.2 Å². The van der Waals surface area contributed by atoms with Gasteiger partial charge in [0.25, 0.3) is 0 Å². The molecule has 0 fully saturated rings. The molecule has 18 heavy (non-hydrogen) atoms. The molecule has 1 rings (SSSR count). The first-order valence-corrected chi connectivity index (χ1v) is 6.61. The molecule has 6 nitrogen and oxygen atoms in total. The van der Waals surface area contributed by atoms with Crippen LogP contribution < -0.4 is 11.1 Å². The number of carboxylic acid groups (broad SMARTS) is 1. The SMILES string of the molecule is CCC(CN)C(=O)NCCc1nc(C(=O)O)cs1. The third kappa shape index (κ3) is 4.08. The molecule has 0 radical (unpaired) electrons. The van der Waals surface area contributed by atoms with Gasteiger partial charge in [-0.2, -0.15) is 0 Å². The molecule has 1 aromatic heterocycles. The number of hydrogen-bond acceptors (Lipinski definition) is 5. The Labute approximate surface area is 109 Å². The summed E-state index contributed by atoms with van der Waals surface area (Å²) in [5.74, 6) is -1.25. The zero-order chi connectivity index (χ0) is 13.5. The fraction of sp³-hybridized carbons (Fsp3) is 0.545. The van der Waals surface area contributed by atoms with Crippen molar-refractivity contribution < 1.29 is 14.7 Å². The number of amides is 1. The molecule has 0 aliphatic heterocycles.